The Morgan fingerprint density at radius 2 is 1.75 bits per heavy atom. The maximum atomic E-state index is 10.4. The fourth-order valence-corrected chi connectivity index (χ4v) is 0.838. The molecule has 12 heavy (non-hydrogen) atoms. The topological polar surface area (TPSA) is 81.0 Å². The molecule has 0 unspecified atom stereocenters. The van der Waals surface area contributed by atoms with Crippen LogP contribution >= 0.6 is 0 Å². The van der Waals surface area contributed by atoms with E-state index in [4.69, 9.17) is 15.3 Å². The first-order valence-corrected chi connectivity index (χ1v) is 3.92. The average molecular weight is 177 g/mol. The predicted molar refractivity (Wildman–Crippen MR) is 43.0 cm³/mol. The summed E-state index contributed by atoms with van der Waals surface area (Å²) in [5, 5.41) is 25.5. The second-order valence-electron chi connectivity index (χ2n) is 2.42. The molecule has 0 spiro atoms. The van der Waals surface area contributed by atoms with Crippen molar-refractivity contribution < 1.29 is 20.1 Å². The Balaban J connectivity index is 3.56. The zero-order chi connectivity index (χ0) is 9.40. The largest absolute Gasteiger partial charge is 0.465 e. The number of carbonyl (C=O) groups is 1. The molecule has 0 saturated heterocycles. The zero-order valence-electron chi connectivity index (χ0n) is 6.94. The molecule has 0 aliphatic heterocycles. The van der Waals surface area contributed by atoms with Gasteiger partial charge in [0.15, 0.2) is 0 Å². The van der Waals surface area contributed by atoms with Crippen LogP contribution in [0.15, 0.2) is 0 Å². The lowest BCUT2D eigenvalue weighted by Crippen LogP contribution is -2.33. The standard InChI is InChI=1S/C7H15NO4/c9-5-2-1-3-8(4-6-10)7(11)12/h9-10H,1-6H2,(H,11,12). The molecule has 0 atom stereocenters. The van der Waals surface area contributed by atoms with Gasteiger partial charge in [0.05, 0.1) is 6.61 Å². The Morgan fingerprint density at radius 1 is 1.08 bits per heavy atom. The lowest BCUT2D eigenvalue weighted by atomic mass is 10.3. The Bertz CT molecular complexity index is 129. The smallest absolute Gasteiger partial charge is 0.407 e. The van der Waals surface area contributed by atoms with Gasteiger partial charge in [-0.1, -0.05) is 0 Å². The minimum Gasteiger partial charge on any atom is -0.465 e. The number of amides is 1. The number of aliphatic hydroxyl groups excluding tert-OH is 2. The van der Waals surface area contributed by atoms with E-state index in [0.29, 0.717) is 19.4 Å². The summed E-state index contributed by atoms with van der Waals surface area (Å²) in [6.07, 6.45) is 0.194. The van der Waals surface area contributed by atoms with Gasteiger partial charge in [-0.25, -0.2) is 4.79 Å². The van der Waals surface area contributed by atoms with Gasteiger partial charge in [-0.15, -0.1) is 0 Å². The molecule has 5 nitrogen and oxygen atoms in total. The highest BCUT2D eigenvalue weighted by atomic mass is 16.4. The number of hydrogen-bond acceptors (Lipinski definition) is 3. The van der Waals surface area contributed by atoms with Crippen molar-refractivity contribution in [2.45, 2.75) is 12.8 Å². The highest BCUT2D eigenvalue weighted by Crippen LogP contribution is 1.94. The van der Waals surface area contributed by atoms with E-state index in [1.807, 2.05) is 0 Å². The van der Waals surface area contributed by atoms with Crippen LogP contribution in [0.3, 0.4) is 0 Å². The van der Waals surface area contributed by atoms with Gasteiger partial charge in [-0.2, -0.15) is 0 Å². The molecule has 0 aliphatic rings. The van der Waals surface area contributed by atoms with Crippen LogP contribution in [0.5, 0.6) is 0 Å². The van der Waals surface area contributed by atoms with Crippen molar-refractivity contribution >= 4 is 6.09 Å². The zero-order valence-corrected chi connectivity index (χ0v) is 6.94. The van der Waals surface area contributed by atoms with Gasteiger partial charge in [0.25, 0.3) is 0 Å². The summed E-state index contributed by atoms with van der Waals surface area (Å²) >= 11 is 0. The molecule has 5 heteroatoms. The van der Waals surface area contributed by atoms with Crippen LogP contribution in [0.25, 0.3) is 0 Å². The first-order valence-electron chi connectivity index (χ1n) is 3.92. The Kier molecular flexibility index (Phi) is 6.41. The number of aliphatic hydroxyl groups is 2. The molecule has 3 N–H and O–H groups in total. The van der Waals surface area contributed by atoms with Crippen molar-refractivity contribution in [1.82, 2.24) is 4.90 Å². The average Bonchev–Trinajstić information content (AvgIpc) is 2.03. The van der Waals surface area contributed by atoms with Crippen molar-refractivity contribution in [1.29, 1.82) is 0 Å². The number of unbranched alkanes of at least 4 members (excludes halogenated alkanes) is 1. The van der Waals surface area contributed by atoms with Crippen LogP contribution < -0.4 is 0 Å². The summed E-state index contributed by atoms with van der Waals surface area (Å²) in [4.78, 5) is 11.6. The molecule has 0 rings (SSSR count). The first kappa shape index (κ1) is 11.2. The van der Waals surface area contributed by atoms with Crippen LogP contribution in [0.4, 0.5) is 4.79 Å². The summed E-state index contributed by atoms with van der Waals surface area (Å²) in [7, 11) is 0. The molecule has 0 aromatic heterocycles. The van der Waals surface area contributed by atoms with Gasteiger partial charge in [-0.05, 0) is 12.8 Å². The van der Waals surface area contributed by atoms with Gasteiger partial charge >= 0.3 is 6.09 Å². The molecule has 1 amide bonds. The summed E-state index contributed by atoms with van der Waals surface area (Å²) in [5.41, 5.74) is 0. The van der Waals surface area contributed by atoms with Gasteiger partial charge in [0.1, 0.15) is 0 Å². The number of hydrogen-bond donors (Lipinski definition) is 3. The molecule has 0 aromatic carbocycles. The minimum absolute atomic E-state index is 0.0760. The van der Waals surface area contributed by atoms with E-state index < -0.39 is 6.09 Å². The van der Waals surface area contributed by atoms with Crippen LogP contribution in [0.2, 0.25) is 0 Å². The highest BCUT2D eigenvalue weighted by Gasteiger charge is 2.08. The van der Waals surface area contributed by atoms with Gasteiger partial charge in [0.2, 0.25) is 0 Å². The molecule has 0 bridgehead atoms. The van der Waals surface area contributed by atoms with E-state index in [-0.39, 0.29) is 19.8 Å². The van der Waals surface area contributed by atoms with E-state index in [1.54, 1.807) is 0 Å². The Hall–Kier alpha value is -0.810. The molecule has 0 aromatic rings. The Labute approximate surface area is 71.2 Å². The molecule has 72 valence electrons. The van der Waals surface area contributed by atoms with E-state index in [1.165, 1.54) is 0 Å². The molecule has 0 fully saturated rings. The third-order valence-electron chi connectivity index (χ3n) is 1.48. The maximum absolute atomic E-state index is 10.4. The Morgan fingerprint density at radius 3 is 2.17 bits per heavy atom. The third kappa shape index (κ3) is 4.92. The molecule has 0 heterocycles. The van der Waals surface area contributed by atoms with Crippen LogP contribution in [-0.2, 0) is 0 Å². The monoisotopic (exact) mass is 177 g/mol. The lowest BCUT2D eigenvalue weighted by molar-refractivity contribution is 0.130. The highest BCUT2D eigenvalue weighted by molar-refractivity contribution is 5.64. The second-order valence-corrected chi connectivity index (χ2v) is 2.42. The lowest BCUT2D eigenvalue weighted by Gasteiger charge is -2.16. The van der Waals surface area contributed by atoms with E-state index in [2.05, 4.69) is 0 Å². The summed E-state index contributed by atoms with van der Waals surface area (Å²) < 4.78 is 0. The van der Waals surface area contributed by atoms with Crippen molar-refractivity contribution in [3.63, 3.8) is 0 Å². The van der Waals surface area contributed by atoms with E-state index >= 15 is 0 Å². The van der Waals surface area contributed by atoms with Crippen molar-refractivity contribution in [3.8, 4) is 0 Å². The number of rotatable bonds is 6. The molecular formula is C7H15NO4. The van der Waals surface area contributed by atoms with E-state index in [0.717, 1.165) is 4.90 Å². The maximum Gasteiger partial charge on any atom is 0.407 e. The SMILES string of the molecule is O=C(O)N(CCO)CCCCO. The van der Waals surface area contributed by atoms with Crippen molar-refractivity contribution in [2.24, 2.45) is 0 Å². The summed E-state index contributed by atoms with van der Waals surface area (Å²) in [6.45, 7) is 0.426. The predicted octanol–water partition coefficient (Wildman–Crippen LogP) is -0.269. The van der Waals surface area contributed by atoms with E-state index in [9.17, 15) is 4.79 Å². The second kappa shape index (κ2) is 6.87. The molecular weight excluding hydrogens is 162 g/mol. The van der Waals surface area contributed by atoms with Crippen LogP contribution in [0, 0.1) is 0 Å². The fraction of sp³-hybridized carbons (Fsp3) is 0.857. The van der Waals surface area contributed by atoms with Crippen molar-refractivity contribution in [2.75, 3.05) is 26.3 Å². The van der Waals surface area contributed by atoms with Crippen molar-refractivity contribution in [3.05, 3.63) is 0 Å². The summed E-state index contributed by atoms with van der Waals surface area (Å²) in [5.74, 6) is 0. The fourth-order valence-electron chi connectivity index (χ4n) is 0.838. The number of nitrogens with zero attached hydrogens (tertiary/aromatic N) is 1. The molecule has 0 aliphatic carbocycles. The number of carboxylic acid groups (broad SMARTS) is 1. The quantitative estimate of drug-likeness (QED) is 0.488. The molecule has 0 radical (unpaired) electrons. The van der Waals surface area contributed by atoms with Crippen LogP contribution in [0.1, 0.15) is 12.8 Å². The summed E-state index contributed by atoms with van der Waals surface area (Å²) in [6, 6.07) is 0. The normalized spacial score (nSPS) is 9.83. The van der Waals surface area contributed by atoms with Gasteiger partial charge in [-0.3, -0.25) is 0 Å². The third-order valence-corrected chi connectivity index (χ3v) is 1.48. The van der Waals surface area contributed by atoms with Gasteiger partial charge in [0, 0.05) is 19.7 Å². The molecule has 0 saturated carbocycles. The minimum atomic E-state index is -1.03. The first-order chi connectivity index (χ1) is 5.72. The van der Waals surface area contributed by atoms with Crippen LogP contribution in [-0.4, -0.2) is 52.6 Å². The van der Waals surface area contributed by atoms with Gasteiger partial charge < -0.3 is 20.2 Å².